The van der Waals surface area contributed by atoms with E-state index in [2.05, 4.69) is 10.3 Å². The third kappa shape index (κ3) is 6.58. The van der Waals surface area contributed by atoms with E-state index in [1.54, 1.807) is 24.7 Å². The summed E-state index contributed by atoms with van der Waals surface area (Å²) in [5.41, 5.74) is 3.41. The van der Waals surface area contributed by atoms with Crippen LogP contribution < -0.4 is 5.32 Å². The van der Waals surface area contributed by atoms with Gasteiger partial charge in [0, 0.05) is 30.2 Å². The van der Waals surface area contributed by atoms with Gasteiger partial charge in [-0.15, -0.1) is 0 Å². The normalized spacial score (nSPS) is 11.2. The van der Waals surface area contributed by atoms with Gasteiger partial charge < -0.3 is 14.6 Å². The van der Waals surface area contributed by atoms with Crippen molar-refractivity contribution in [2.24, 2.45) is 5.41 Å². The molecule has 0 aliphatic carbocycles. The van der Waals surface area contributed by atoms with E-state index in [0.29, 0.717) is 6.42 Å². The molecule has 2 aromatic carbocycles. The molecule has 1 N–H and O–H groups in total. The molecule has 3 rings (SSSR count). The van der Waals surface area contributed by atoms with E-state index < -0.39 is 0 Å². The summed E-state index contributed by atoms with van der Waals surface area (Å²) in [5.74, 6) is -0.313. The molecule has 0 aliphatic rings. The molecule has 156 valence electrons. The van der Waals surface area contributed by atoms with Gasteiger partial charge in [-0.3, -0.25) is 9.59 Å². The van der Waals surface area contributed by atoms with Crippen LogP contribution in [-0.4, -0.2) is 21.4 Å². The largest absolute Gasteiger partial charge is 0.461 e. The molecule has 0 saturated heterocycles. The lowest BCUT2D eigenvalue weighted by molar-refractivity contribution is -0.144. The van der Waals surface area contributed by atoms with Crippen LogP contribution >= 0.6 is 0 Å². The second kappa shape index (κ2) is 9.39. The number of carbonyl (C=O) groups excluding carboxylic acids is 2. The first kappa shape index (κ1) is 21.3. The number of ether oxygens (including phenoxy) is 1. The molecule has 0 saturated carbocycles. The van der Waals surface area contributed by atoms with E-state index in [0.717, 1.165) is 22.5 Å². The Bertz CT molecular complexity index is 970. The van der Waals surface area contributed by atoms with Crippen molar-refractivity contribution in [3.05, 3.63) is 78.4 Å². The van der Waals surface area contributed by atoms with Crippen molar-refractivity contribution in [1.29, 1.82) is 0 Å². The van der Waals surface area contributed by atoms with Crippen molar-refractivity contribution in [2.75, 3.05) is 5.32 Å². The second-order valence-corrected chi connectivity index (χ2v) is 8.46. The van der Waals surface area contributed by atoms with Crippen molar-refractivity contribution < 1.29 is 14.3 Å². The smallest absolute Gasteiger partial charge is 0.310 e. The van der Waals surface area contributed by atoms with Crippen LogP contribution in [0.2, 0.25) is 0 Å². The van der Waals surface area contributed by atoms with Gasteiger partial charge in [-0.05, 0) is 40.8 Å². The van der Waals surface area contributed by atoms with Gasteiger partial charge in [0.1, 0.15) is 6.61 Å². The SMILES string of the molecule is CC(C)(C)CC(=O)Nc1ccc(CC(=O)OCc2ccc(-n3ccnc3)cc2)cc1. The zero-order chi connectivity index (χ0) is 21.6. The number of hydrogen-bond donors (Lipinski definition) is 1. The van der Waals surface area contributed by atoms with Gasteiger partial charge in [0.25, 0.3) is 0 Å². The second-order valence-electron chi connectivity index (χ2n) is 8.46. The maximum absolute atomic E-state index is 12.2. The molecule has 0 unspecified atom stereocenters. The predicted octanol–water partition coefficient (Wildman–Crippen LogP) is 4.53. The zero-order valence-electron chi connectivity index (χ0n) is 17.6. The fourth-order valence-corrected chi connectivity index (χ4v) is 2.95. The summed E-state index contributed by atoms with van der Waals surface area (Å²) in [6.07, 6.45) is 5.96. The van der Waals surface area contributed by atoms with Crippen molar-refractivity contribution >= 4 is 17.6 Å². The van der Waals surface area contributed by atoms with E-state index in [1.807, 2.05) is 67.9 Å². The average Bonchev–Trinajstić information content (AvgIpc) is 3.22. The zero-order valence-corrected chi connectivity index (χ0v) is 17.6. The Hall–Kier alpha value is -3.41. The highest BCUT2D eigenvalue weighted by Crippen LogP contribution is 2.20. The molecule has 1 heterocycles. The van der Waals surface area contributed by atoms with Crippen molar-refractivity contribution in [3.8, 4) is 5.69 Å². The molecular weight excluding hydrogens is 378 g/mol. The van der Waals surface area contributed by atoms with Gasteiger partial charge in [-0.25, -0.2) is 4.98 Å². The number of carbonyl (C=O) groups is 2. The highest BCUT2D eigenvalue weighted by atomic mass is 16.5. The first-order valence-electron chi connectivity index (χ1n) is 9.90. The Morgan fingerprint density at radius 1 is 1.00 bits per heavy atom. The summed E-state index contributed by atoms with van der Waals surface area (Å²) >= 11 is 0. The minimum absolute atomic E-state index is 0.0197. The Kier molecular flexibility index (Phi) is 6.67. The lowest BCUT2D eigenvalue weighted by atomic mass is 9.92. The molecular formula is C24H27N3O3. The number of hydrogen-bond acceptors (Lipinski definition) is 4. The van der Waals surface area contributed by atoms with E-state index in [9.17, 15) is 9.59 Å². The molecule has 0 bridgehead atoms. The first-order valence-corrected chi connectivity index (χ1v) is 9.90. The minimum atomic E-state index is -0.293. The number of nitrogens with zero attached hydrogens (tertiary/aromatic N) is 2. The molecule has 1 amide bonds. The molecule has 0 fully saturated rings. The van der Waals surface area contributed by atoms with Crippen LogP contribution in [0.5, 0.6) is 0 Å². The molecule has 0 aliphatic heterocycles. The highest BCUT2D eigenvalue weighted by Gasteiger charge is 2.16. The summed E-state index contributed by atoms with van der Waals surface area (Å²) in [7, 11) is 0. The summed E-state index contributed by atoms with van der Waals surface area (Å²) in [5, 5.41) is 2.88. The van der Waals surface area contributed by atoms with Crippen LogP contribution in [0.4, 0.5) is 5.69 Å². The maximum atomic E-state index is 12.2. The molecule has 1 aromatic heterocycles. The number of anilines is 1. The Morgan fingerprint density at radius 2 is 1.67 bits per heavy atom. The molecule has 6 nitrogen and oxygen atoms in total. The van der Waals surface area contributed by atoms with Gasteiger partial charge in [-0.2, -0.15) is 0 Å². The minimum Gasteiger partial charge on any atom is -0.461 e. The van der Waals surface area contributed by atoms with Gasteiger partial charge in [0.05, 0.1) is 12.7 Å². The Morgan fingerprint density at radius 3 is 2.27 bits per heavy atom. The molecule has 0 spiro atoms. The fourth-order valence-electron chi connectivity index (χ4n) is 2.95. The summed E-state index contributed by atoms with van der Waals surface area (Å²) in [4.78, 5) is 28.2. The molecule has 30 heavy (non-hydrogen) atoms. The van der Waals surface area contributed by atoms with Crippen LogP contribution in [0.15, 0.2) is 67.3 Å². The Balaban J connectivity index is 1.46. The number of rotatable bonds is 7. The molecule has 6 heteroatoms. The lowest BCUT2D eigenvalue weighted by Crippen LogP contribution is -2.19. The third-order valence-electron chi connectivity index (χ3n) is 4.42. The van der Waals surface area contributed by atoms with Gasteiger partial charge in [0.15, 0.2) is 0 Å². The molecule has 0 radical (unpaired) electrons. The average molecular weight is 405 g/mol. The third-order valence-corrected chi connectivity index (χ3v) is 4.42. The van der Waals surface area contributed by atoms with Crippen molar-refractivity contribution in [3.63, 3.8) is 0 Å². The predicted molar refractivity (Wildman–Crippen MR) is 116 cm³/mol. The summed E-state index contributed by atoms with van der Waals surface area (Å²) in [6.45, 7) is 6.30. The van der Waals surface area contributed by atoms with Crippen molar-refractivity contribution in [1.82, 2.24) is 9.55 Å². The van der Waals surface area contributed by atoms with E-state index in [4.69, 9.17) is 4.74 Å². The van der Waals surface area contributed by atoms with E-state index in [-0.39, 0.29) is 30.3 Å². The molecule has 3 aromatic rings. The van der Waals surface area contributed by atoms with E-state index in [1.165, 1.54) is 0 Å². The Labute approximate surface area is 176 Å². The first-order chi connectivity index (χ1) is 14.3. The van der Waals surface area contributed by atoms with Gasteiger partial charge in [-0.1, -0.05) is 45.0 Å². The number of benzene rings is 2. The van der Waals surface area contributed by atoms with Crippen LogP contribution in [0, 0.1) is 5.41 Å². The van der Waals surface area contributed by atoms with E-state index >= 15 is 0 Å². The van der Waals surface area contributed by atoms with Crippen LogP contribution in [0.1, 0.15) is 38.3 Å². The highest BCUT2D eigenvalue weighted by molar-refractivity contribution is 5.91. The van der Waals surface area contributed by atoms with Crippen LogP contribution in [0.25, 0.3) is 5.69 Å². The van der Waals surface area contributed by atoms with Gasteiger partial charge in [0.2, 0.25) is 5.91 Å². The number of nitrogens with one attached hydrogen (secondary N) is 1. The quantitative estimate of drug-likeness (QED) is 0.586. The van der Waals surface area contributed by atoms with Crippen molar-refractivity contribution in [2.45, 2.75) is 40.2 Å². The summed E-state index contributed by atoms with van der Waals surface area (Å²) < 4.78 is 7.29. The van der Waals surface area contributed by atoms with Gasteiger partial charge >= 0.3 is 5.97 Å². The number of aromatic nitrogens is 2. The summed E-state index contributed by atoms with van der Waals surface area (Å²) in [6, 6.07) is 15.0. The molecule has 0 atom stereocenters. The fraction of sp³-hybridized carbons (Fsp3) is 0.292. The standard InChI is InChI=1S/C24H27N3O3/c1-24(2,3)15-22(28)26-20-8-4-18(5-9-20)14-23(29)30-16-19-6-10-21(11-7-19)27-13-12-25-17-27/h4-13,17H,14-16H2,1-3H3,(H,26,28). The number of imidazole rings is 1. The maximum Gasteiger partial charge on any atom is 0.310 e. The number of esters is 1. The lowest BCUT2D eigenvalue weighted by Gasteiger charge is -2.17. The van der Waals surface area contributed by atoms with Crippen LogP contribution in [0.3, 0.4) is 0 Å². The van der Waals surface area contributed by atoms with Crippen LogP contribution in [-0.2, 0) is 27.4 Å². The monoisotopic (exact) mass is 405 g/mol. The number of amides is 1. The topological polar surface area (TPSA) is 73.2 Å².